The Hall–Kier alpha value is -1.06. The molecule has 0 heterocycles. The number of carboxylic acids is 2. The van der Waals surface area contributed by atoms with E-state index in [2.05, 4.69) is 0 Å². The van der Waals surface area contributed by atoms with Crippen molar-refractivity contribution in [2.45, 2.75) is 84.0 Å². The molecule has 118 valence electrons. The van der Waals surface area contributed by atoms with Gasteiger partial charge in [-0.3, -0.25) is 9.59 Å². The molecule has 0 aliphatic rings. The third kappa shape index (κ3) is 12.0. The van der Waals surface area contributed by atoms with Crippen molar-refractivity contribution in [2.24, 2.45) is 5.92 Å². The molecule has 20 heavy (non-hydrogen) atoms. The predicted molar refractivity (Wildman–Crippen MR) is 79.8 cm³/mol. The van der Waals surface area contributed by atoms with Gasteiger partial charge in [-0.05, 0) is 19.3 Å². The minimum absolute atomic E-state index is 0.163. The Kier molecular flexibility index (Phi) is 12.3. The second-order valence-corrected chi connectivity index (χ2v) is 5.56. The Morgan fingerprint density at radius 1 is 0.800 bits per heavy atom. The van der Waals surface area contributed by atoms with Gasteiger partial charge in [0.15, 0.2) is 0 Å². The van der Waals surface area contributed by atoms with E-state index in [9.17, 15) is 9.59 Å². The van der Waals surface area contributed by atoms with Crippen LogP contribution in [-0.2, 0) is 9.59 Å². The summed E-state index contributed by atoms with van der Waals surface area (Å²) in [5.41, 5.74) is 0. The molecule has 0 spiro atoms. The van der Waals surface area contributed by atoms with Crippen molar-refractivity contribution in [2.75, 3.05) is 0 Å². The van der Waals surface area contributed by atoms with Crippen LogP contribution in [0.5, 0.6) is 0 Å². The van der Waals surface area contributed by atoms with Crippen molar-refractivity contribution in [1.82, 2.24) is 0 Å². The lowest BCUT2D eigenvalue weighted by molar-refractivity contribution is -0.142. The quantitative estimate of drug-likeness (QED) is 0.462. The summed E-state index contributed by atoms with van der Waals surface area (Å²) in [6.07, 6.45) is 11.7. The fraction of sp³-hybridized carbons (Fsp3) is 0.875. The largest absolute Gasteiger partial charge is 0.481 e. The Morgan fingerprint density at radius 3 is 1.65 bits per heavy atom. The van der Waals surface area contributed by atoms with Gasteiger partial charge in [0.2, 0.25) is 0 Å². The van der Waals surface area contributed by atoms with Gasteiger partial charge < -0.3 is 10.2 Å². The monoisotopic (exact) mass is 286 g/mol. The van der Waals surface area contributed by atoms with Crippen LogP contribution in [0, 0.1) is 5.92 Å². The maximum absolute atomic E-state index is 10.8. The lowest BCUT2D eigenvalue weighted by atomic mass is 9.98. The second-order valence-electron chi connectivity index (χ2n) is 5.56. The highest BCUT2D eigenvalue weighted by Crippen LogP contribution is 2.16. The van der Waals surface area contributed by atoms with E-state index in [0.717, 1.165) is 44.9 Å². The van der Waals surface area contributed by atoms with E-state index in [0.29, 0.717) is 6.42 Å². The summed E-state index contributed by atoms with van der Waals surface area (Å²) in [6, 6.07) is 0. The number of carboxylic acid groups (broad SMARTS) is 2. The number of hydrogen-bond acceptors (Lipinski definition) is 2. The second kappa shape index (κ2) is 12.9. The first-order chi connectivity index (χ1) is 9.57. The van der Waals surface area contributed by atoms with E-state index in [-0.39, 0.29) is 5.92 Å². The van der Waals surface area contributed by atoms with Crippen LogP contribution < -0.4 is 0 Å². The first kappa shape index (κ1) is 18.9. The third-order valence-corrected chi connectivity index (χ3v) is 3.79. The summed E-state index contributed by atoms with van der Waals surface area (Å²) in [6.45, 7) is 1.93. The summed E-state index contributed by atoms with van der Waals surface area (Å²) in [4.78, 5) is 21.1. The van der Waals surface area contributed by atoms with Crippen molar-refractivity contribution in [3.05, 3.63) is 0 Å². The van der Waals surface area contributed by atoms with E-state index in [1.54, 1.807) is 0 Å². The number of aliphatic carboxylic acids is 2. The molecule has 0 aromatic rings. The average molecular weight is 286 g/mol. The summed E-state index contributed by atoms with van der Waals surface area (Å²) < 4.78 is 0. The van der Waals surface area contributed by atoms with Crippen LogP contribution in [0.4, 0.5) is 0 Å². The highest BCUT2D eigenvalue weighted by atomic mass is 16.4. The van der Waals surface area contributed by atoms with Gasteiger partial charge in [0.1, 0.15) is 0 Å². The fourth-order valence-corrected chi connectivity index (χ4v) is 2.41. The molecule has 0 aliphatic heterocycles. The number of rotatable bonds is 14. The van der Waals surface area contributed by atoms with Gasteiger partial charge in [-0.2, -0.15) is 0 Å². The molecule has 4 heteroatoms. The van der Waals surface area contributed by atoms with Gasteiger partial charge in [0.25, 0.3) is 0 Å². The van der Waals surface area contributed by atoms with E-state index in [1.807, 2.05) is 6.92 Å². The van der Waals surface area contributed by atoms with Gasteiger partial charge in [0.05, 0.1) is 5.92 Å². The normalized spacial score (nSPS) is 12.2. The van der Waals surface area contributed by atoms with E-state index >= 15 is 0 Å². The third-order valence-electron chi connectivity index (χ3n) is 3.79. The van der Waals surface area contributed by atoms with Gasteiger partial charge in [-0.1, -0.05) is 58.3 Å². The van der Waals surface area contributed by atoms with Crippen LogP contribution in [0.2, 0.25) is 0 Å². The molecule has 0 aliphatic carbocycles. The van der Waals surface area contributed by atoms with Gasteiger partial charge >= 0.3 is 11.9 Å². The summed E-state index contributed by atoms with van der Waals surface area (Å²) >= 11 is 0. The lowest BCUT2D eigenvalue weighted by Crippen LogP contribution is -2.12. The maximum atomic E-state index is 10.8. The van der Waals surface area contributed by atoms with Crippen LogP contribution in [0.3, 0.4) is 0 Å². The van der Waals surface area contributed by atoms with Crippen LogP contribution in [-0.4, -0.2) is 22.2 Å². The van der Waals surface area contributed by atoms with E-state index < -0.39 is 11.9 Å². The van der Waals surface area contributed by atoms with Crippen molar-refractivity contribution in [3.63, 3.8) is 0 Å². The standard InChI is InChI=1S/C16H30O4/c1-2-14(16(19)20)12-10-8-6-4-3-5-7-9-11-13-15(17)18/h14H,2-13H2,1H3,(H,17,18)(H,19,20). The Morgan fingerprint density at radius 2 is 1.25 bits per heavy atom. The van der Waals surface area contributed by atoms with Crippen molar-refractivity contribution in [3.8, 4) is 0 Å². The first-order valence-corrected chi connectivity index (χ1v) is 8.02. The zero-order valence-electron chi connectivity index (χ0n) is 12.8. The van der Waals surface area contributed by atoms with Gasteiger partial charge in [-0.15, -0.1) is 0 Å². The number of hydrogen-bond donors (Lipinski definition) is 2. The molecule has 0 aromatic carbocycles. The minimum Gasteiger partial charge on any atom is -0.481 e. The Bertz CT molecular complexity index is 263. The molecule has 0 rings (SSSR count). The molecule has 0 radical (unpaired) electrons. The van der Waals surface area contributed by atoms with Crippen LogP contribution in [0.15, 0.2) is 0 Å². The SMILES string of the molecule is CCC(CCCCCCCCCCCC(=O)O)C(=O)O. The smallest absolute Gasteiger partial charge is 0.306 e. The maximum Gasteiger partial charge on any atom is 0.306 e. The zero-order chi connectivity index (χ0) is 15.2. The molecule has 0 bridgehead atoms. The molecular weight excluding hydrogens is 256 g/mol. The summed E-state index contributed by atoms with van der Waals surface area (Å²) in [5.74, 6) is -1.52. The van der Waals surface area contributed by atoms with E-state index in [4.69, 9.17) is 10.2 Å². The predicted octanol–water partition coefficient (Wildman–Crippen LogP) is 4.47. The molecule has 4 nitrogen and oxygen atoms in total. The highest BCUT2D eigenvalue weighted by molar-refractivity contribution is 5.69. The molecule has 2 N–H and O–H groups in total. The van der Waals surface area contributed by atoms with Gasteiger partial charge in [0, 0.05) is 6.42 Å². The number of unbranched alkanes of at least 4 members (excludes halogenated alkanes) is 8. The van der Waals surface area contributed by atoms with Crippen LogP contribution >= 0.6 is 0 Å². The lowest BCUT2D eigenvalue weighted by Gasteiger charge is -2.08. The van der Waals surface area contributed by atoms with Crippen LogP contribution in [0.25, 0.3) is 0 Å². The molecule has 0 saturated carbocycles. The fourth-order valence-electron chi connectivity index (χ4n) is 2.41. The number of carbonyl (C=O) groups is 2. The molecular formula is C16H30O4. The van der Waals surface area contributed by atoms with Gasteiger partial charge in [-0.25, -0.2) is 0 Å². The molecule has 1 atom stereocenters. The topological polar surface area (TPSA) is 74.6 Å². The average Bonchev–Trinajstić information content (AvgIpc) is 2.39. The Labute approximate surface area is 122 Å². The molecule has 0 aromatic heterocycles. The first-order valence-electron chi connectivity index (χ1n) is 8.02. The highest BCUT2D eigenvalue weighted by Gasteiger charge is 2.13. The van der Waals surface area contributed by atoms with Crippen molar-refractivity contribution < 1.29 is 19.8 Å². The molecule has 0 amide bonds. The molecule has 1 unspecified atom stereocenters. The zero-order valence-corrected chi connectivity index (χ0v) is 12.8. The molecule has 0 fully saturated rings. The van der Waals surface area contributed by atoms with E-state index in [1.165, 1.54) is 25.7 Å². The van der Waals surface area contributed by atoms with Crippen molar-refractivity contribution in [1.29, 1.82) is 0 Å². The minimum atomic E-state index is -0.697. The van der Waals surface area contributed by atoms with Crippen molar-refractivity contribution >= 4 is 11.9 Å². The Balaban J connectivity index is 3.20. The summed E-state index contributed by atoms with van der Waals surface area (Å²) in [5, 5.41) is 17.4. The summed E-state index contributed by atoms with van der Waals surface area (Å²) in [7, 11) is 0. The molecule has 0 saturated heterocycles. The van der Waals surface area contributed by atoms with Crippen LogP contribution in [0.1, 0.15) is 84.0 Å².